The molecule has 5 unspecified atom stereocenters. The van der Waals surface area contributed by atoms with Gasteiger partial charge in [-0.15, -0.1) is 5.10 Å². The van der Waals surface area contributed by atoms with Gasteiger partial charge in [0, 0.05) is 119 Å². The fraction of sp³-hybridized carbons (Fsp3) is 0.518. The molecule has 4 aromatic heterocycles. The van der Waals surface area contributed by atoms with Gasteiger partial charge in [0.15, 0.2) is 17.1 Å². The molecule has 3 aliphatic heterocycles. The minimum Gasteiger partial charge on any atom is -0.476 e. The summed E-state index contributed by atoms with van der Waals surface area (Å²) in [6, 6.07) is 21.2. The summed E-state index contributed by atoms with van der Waals surface area (Å²) < 4.78 is 22.3. The number of methoxy groups -OCH3 is 1. The van der Waals surface area contributed by atoms with E-state index in [1.165, 1.54) is 23.5 Å². The molecule has 114 heavy (non-hydrogen) atoms. The number of urea groups is 1. The van der Waals surface area contributed by atoms with Crippen LogP contribution in [0.25, 0.3) is 21.3 Å². The number of aliphatic hydroxyl groups excluding tert-OH is 1. The molecule has 7 heterocycles. The minimum absolute atomic E-state index is 0.00603. The number of unbranched alkanes of at least 4 members (excludes halogenated alkanes) is 2. The van der Waals surface area contributed by atoms with E-state index in [0.717, 1.165) is 82.6 Å². The number of thiazole rings is 1. The van der Waals surface area contributed by atoms with Crippen molar-refractivity contribution in [2.45, 2.75) is 207 Å². The first-order chi connectivity index (χ1) is 54.6. The number of benzene rings is 3. The fourth-order valence-corrected chi connectivity index (χ4v) is 19.9. The molecule has 7 aliphatic rings. The summed E-state index contributed by atoms with van der Waals surface area (Å²) in [6.45, 7) is 13.5. The number of para-hydroxylation sites is 1. The number of carbonyl (C=O) groups is 9. The molecule has 4 bridgehead atoms. The van der Waals surface area contributed by atoms with Gasteiger partial charge in [-0.2, -0.15) is 5.10 Å². The first-order valence-corrected chi connectivity index (χ1v) is 40.5. The fourth-order valence-electron chi connectivity index (χ4n) is 19.0. The third kappa shape index (κ3) is 19.0. The Bertz CT molecular complexity index is 4720. The molecule has 606 valence electrons. The summed E-state index contributed by atoms with van der Waals surface area (Å²) in [4.78, 5) is 133. The van der Waals surface area contributed by atoms with Crippen molar-refractivity contribution >= 4 is 91.7 Å². The van der Waals surface area contributed by atoms with E-state index in [9.17, 15) is 53.4 Å². The summed E-state index contributed by atoms with van der Waals surface area (Å²) in [5, 5.41) is 49.7. The van der Waals surface area contributed by atoms with Gasteiger partial charge < -0.3 is 61.2 Å². The number of carbonyl (C=O) groups excluding carboxylic acids is 8. The van der Waals surface area contributed by atoms with Crippen molar-refractivity contribution in [3.8, 4) is 11.1 Å². The Hall–Kier alpha value is -10.5. The van der Waals surface area contributed by atoms with Gasteiger partial charge in [-0.05, 0) is 184 Å². The van der Waals surface area contributed by atoms with Gasteiger partial charge in [0.1, 0.15) is 24.5 Å². The first kappa shape index (κ1) is 81.5. The molecular weight excluding hydrogens is 1480 g/mol. The van der Waals surface area contributed by atoms with E-state index in [1.54, 1.807) is 61.0 Å². The predicted molar refractivity (Wildman–Crippen MR) is 425 cm³/mol. The van der Waals surface area contributed by atoms with E-state index in [2.05, 4.69) is 60.4 Å². The number of imide groups is 1. The summed E-state index contributed by atoms with van der Waals surface area (Å²) in [6.07, 6.45) is 15.6. The van der Waals surface area contributed by atoms with Crippen LogP contribution in [0.5, 0.6) is 0 Å². The molecule has 9 N–H and O–H groups in total. The molecule has 4 aliphatic carbocycles. The lowest BCUT2D eigenvalue weighted by molar-refractivity contribution is -0.206. The Morgan fingerprint density at radius 1 is 0.833 bits per heavy atom. The van der Waals surface area contributed by atoms with Crippen molar-refractivity contribution in [2.75, 3.05) is 55.4 Å². The number of aliphatic hydroxyl groups is 1. The Balaban J connectivity index is 0.646. The molecule has 1 saturated heterocycles. The highest BCUT2D eigenvalue weighted by atomic mass is 32.1. The number of nitrogens with zero attached hydrogens (tertiary/aromatic N) is 10. The maximum Gasteiger partial charge on any atom is 0.410 e. The molecule has 3 aromatic carbocycles. The molecule has 5 fully saturated rings. The monoisotopic (exact) mass is 1580 g/mol. The average molecular weight is 1580 g/mol. The molecule has 31 heteroatoms. The number of carboxylic acids is 1. The third-order valence-electron chi connectivity index (χ3n) is 23.9. The van der Waals surface area contributed by atoms with Crippen LogP contribution in [0.1, 0.15) is 179 Å². The van der Waals surface area contributed by atoms with Crippen LogP contribution in [0.4, 0.5) is 26.2 Å². The second-order valence-corrected chi connectivity index (χ2v) is 34.0. The third-order valence-corrected chi connectivity index (χ3v) is 24.9. The van der Waals surface area contributed by atoms with E-state index in [4.69, 9.17) is 30.0 Å². The van der Waals surface area contributed by atoms with Gasteiger partial charge >= 0.3 is 18.1 Å². The second-order valence-electron chi connectivity index (χ2n) is 32.9. The van der Waals surface area contributed by atoms with Gasteiger partial charge in [0.05, 0.1) is 40.9 Å². The van der Waals surface area contributed by atoms with E-state index in [-0.39, 0.29) is 102 Å². The van der Waals surface area contributed by atoms with E-state index in [1.807, 2.05) is 72.6 Å². The zero-order valence-electron chi connectivity index (χ0n) is 65.6. The van der Waals surface area contributed by atoms with Crippen molar-refractivity contribution < 1.29 is 67.6 Å². The minimum atomic E-state index is -1.16. The molecule has 14 rings (SSSR count). The molecule has 0 spiro atoms. The van der Waals surface area contributed by atoms with Crippen molar-refractivity contribution in [1.29, 1.82) is 0 Å². The number of hydrogen-bond donors (Lipinski definition) is 8. The lowest BCUT2D eigenvalue weighted by Gasteiger charge is -2.47. The zero-order valence-corrected chi connectivity index (χ0v) is 66.4. The number of aromatic carboxylic acids is 1. The Morgan fingerprint density at radius 3 is 2.39 bits per heavy atom. The van der Waals surface area contributed by atoms with E-state index in [0.29, 0.717) is 130 Å². The lowest BCUT2D eigenvalue weighted by atomic mass is 9.58. The summed E-state index contributed by atoms with van der Waals surface area (Å²) in [5.74, 6) is -3.51. The number of ether oxygens (including phenoxy) is 3. The maximum absolute atomic E-state index is 14.5. The lowest BCUT2D eigenvalue weighted by Crippen LogP contribution is -2.54. The standard InChI is InChI=1S/C83H104N16O14S/c1-51(2)71(91-67(101)22-8-7-11-36-98-68(102)29-30-69(98)103)75(106)88-64(20-13-33-85-77(84)109)74(105)87-55-25-23-53(24-26-55)44-112-79(110)95(34-14-17-56-41-97(94-93-56)42-58-38-57(100)39-70(111-6)113-58)35-15-32-82-46-80(4)45-81(5,48-82)83(47-80,49-82)50-99-52(3)61(40-86-99)59-27-28-66(90-72(59)76(107)108)96-37-31-54-16-12-18-60(62(54)43-96)73(104)92-78-89-63-19-9-10-21-65(63)114-78/h9-10,12,16,18-19,21,23-30,40-41,51,57-58,64,70-71,100H,7-8,11,13-15,17,20,22,31-39,42-50H2,1-6H3,(H,87,105)(H,88,106)(H,91,101)(H,107,108)(H3,84,85,109)(H,89,92,104)/t57-,58-,64?,70+,71+,80?,81?,82?,83?/m1/s1. The molecule has 30 nitrogen and oxygen atoms in total. The predicted octanol–water partition coefficient (Wildman–Crippen LogP) is 10.0. The number of carboxylic acid groups (broad SMARTS) is 1. The Morgan fingerprint density at radius 2 is 1.62 bits per heavy atom. The molecule has 4 saturated carbocycles. The Kier molecular flexibility index (Phi) is 25.1. The highest BCUT2D eigenvalue weighted by Gasteiger charge is 2.72. The smallest absolute Gasteiger partial charge is 0.410 e. The number of nitrogens with two attached hydrogens (primary N) is 1. The topological polar surface area (TPSA) is 392 Å². The quantitative estimate of drug-likeness (QED) is 0.0134. The zero-order chi connectivity index (χ0) is 80.6. The Labute approximate surface area is 666 Å². The van der Waals surface area contributed by atoms with Crippen molar-refractivity contribution in [3.63, 3.8) is 0 Å². The van der Waals surface area contributed by atoms with Gasteiger partial charge in [-0.3, -0.25) is 43.7 Å². The van der Waals surface area contributed by atoms with Gasteiger partial charge in [-0.25, -0.2) is 29.0 Å². The molecule has 7 aromatic rings. The number of hydrogen-bond acceptors (Lipinski definition) is 20. The summed E-state index contributed by atoms with van der Waals surface area (Å²) >= 11 is 1.41. The largest absolute Gasteiger partial charge is 0.476 e. The normalized spacial score (nSPS) is 22.6. The highest BCUT2D eigenvalue weighted by molar-refractivity contribution is 7.22. The van der Waals surface area contributed by atoms with E-state index >= 15 is 0 Å². The number of aryl methyl sites for hydroxylation is 1. The average Bonchev–Trinajstić information content (AvgIpc) is 1.50. The molecule has 0 radical (unpaired) electrons. The van der Waals surface area contributed by atoms with Crippen LogP contribution in [0, 0.1) is 34.5 Å². The molecular formula is C83H104N16O14S. The molecule has 9 atom stereocenters. The SMILES string of the molecule is CO[C@@H]1C[C@H](O)C[C@H](Cn2cc(CCCN(CCCC34CC5(C)CC(C)(C3)C(Cn3ncc(-c6ccc(N7CCc8cccc(C(=O)Nc9nc%10ccccc%10s9)c8C7)nc6C(=O)O)c3C)(C5)C4)C(=O)OCc3ccc(NC(=O)C(CCCNC(N)=O)NC(=O)[C@@H](NC(=O)CCCCCN4C(=O)C=CC4=O)C(C)C)cc3)nn2)O1. The van der Waals surface area contributed by atoms with Crippen LogP contribution in [0.3, 0.4) is 0 Å². The van der Waals surface area contributed by atoms with Crippen LogP contribution in [0.2, 0.25) is 0 Å². The van der Waals surface area contributed by atoms with Gasteiger partial charge in [-0.1, -0.05) is 87.1 Å². The maximum atomic E-state index is 14.5. The van der Waals surface area contributed by atoms with E-state index < -0.39 is 54.4 Å². The van der Waals surface area contributed by atoms with Crippen molar-refractivity contribution in [3.05, 3.63) is 143 Å². The summed E-state index contributed by atoms with van der Waals surface area (Å²) in [7, 11) is 1.55. The van der Waals surface area contributed by atoms with Crippen LogP contribution in [0.15, 0.2) is 103 Å². The van der Waals surface area contributed by atoms with Gasteiger partial charge in [0.2, 0.25) is 17.7 Å². The number of primary amides is 1. The first-order valence-electron chi connectivity index (χ1n) is 39.7. The number of fused-ring (bicyclic) bond motifs is 2. The van der Waals surface area contributed by atoms with Crippen LogP contribution in [-0.2, 0) is 77.3 Å². The number of rotatable bonds is 36. The van der Waals surface area contributed by atoms with Gasteiger partial charge in [0.25, 0.3) is 17.7 Å². The second kappa shape index (κ2) is 35.1. The van der Waals surface area contributed by atoms with Crippen LogP contribution in [-0.4, -0.2) is 179 Å². The summed E-state index contributed by atoms with van der Waals surface area (Å²) in [5.41, 5.74) is 12.3. The van der Waals surface area contributed by atoms with Crippen LogP contribution < -0.4 is 37.2 Å². The number of anilines is 3. The van der Waals surface area contributed by atoms with Crippen molar-refractivity contribution in [1.82, 2.24) is 60.5 Å². The van der Waals surface area contributed by atoms with Crippen LogP contribution >= 0.6 is 11.3 Å². The highest BCUT2D eigenvalue weighted by Crippen LogP contribution is 2.81. The number of pyridine rings is 1. The molecule has 9 amide bonds. The number of nitrogens with one attached hydrogen (secondary N) is 5. The van der Waals surface area contributed by atoms with Crippen molar-refractivity contribution in [2.24, 2.45) is 33.3 Å². The number of amides is 9. The number of aromatic nitrogens is 7.